The van der Waals surface area contributed by atoms with Crippen molar-refractivity contribution in [2.45, 2.75) is 0 Å². The van der Waals surface area contributed by atoms with Crippen LogP contribution in [0, 0.1) is 0 Å². The number of rotatable bonds is 0. The van der Waals surface area contributed by atoms with Crippen LogP contribution in [-0.2, 0) is 50.2 Å². The molecule has 0 aromatic rings. The molecule has 0 saturated carbocycles. The van der Waals surface area contributed by atoms with E-state index in [0.29, 0.717) is 0 Å². The van der Waals surface area contributed by atoms with Crippen molar-refractivity contribution in [1.29, 1.82) is 0 Å². The van der Waals surface area contributed by atoms with Crippen LogP contribution in [0.15, 0.2) is 0 Å². The van der Waals surface area contributed by atoms with E-state index in [9.17, 15) is 0 Å². The van der Waals surface area contributed by atoms with Gasteiger partial charge in [0.2, 0.25) is 0 Å². The Kier molecular flexibility index (Phi) is 102. The van der Waals surface area contributed by atoms with E-state index in [1.54, 1.807) is 0 Å². The summed E-state index contributed by atoms with van der Waals surface area (Å²) in [5.41, 5.74) is 0. The Labute approximate surface area is 449 Å². The van der Waals surface area contributed by atoms with E-state index in [1.165, 1.54) is 0 Å². The van der Waals surface area contributed by atoms with E-state index < -0.39 is 86.0 Å². The number of hydrogen-bond acceptors (Lipinski definition) is 11. The van der Waals surface area contributed by atoms with Gasteiger partial charge in [0.25, 0.3) is 0 Å². The molecule has 0 spiro atoms. The van der Waals surface area contributed by atoms with Crippen LogP contribution in [-0.4, -0.2) is 300 Å². The van der Waals surface area contributed by atoms with Crippen LogP contribution in [0.1, 0.15) is 17.1 Å². The van der Waals surface area contributed by atoms with Gasteiger partial charge in [0, 0.05) is 0 Å². The molecule has 0 aliphatic heterocycles. The average molecular weight is 1240 g/mol. The molecule has 0 aromatic carbocycles. The molecule has 0 unspecified atom stereocenters. The van der Waals surface area contributed by atoms with Gasteiger partial charge in [-0.2, -0.15) is 0 Å². The molecule has 0 aliphatic carbocycles. The first-order chi connectivity index (χ1) is 22.0. The molecule has 61 heavy (non-hydrogen) atoms. The van der Waals surface area contributed by atoms with Crippen molar-refractivity contribution in [3.63, 3.8) is 0 Å². The Bertz CT molecular complexity index is 1000. The molecule has 0 rings (SSSR count). The standard InChI is InChI=1S/6Mg.11H3O4P.12H/c;;;;;;11*1-5(2,3)4;;;;;;;;;;;;/h;;;;;;11*(H3,1,2,3,4);;;;;;;;;;;;/q6*+2;;;;;;;;;;;;12*-1. The van der Waals surface area contributed by atoms with Gasteiger partial charge in [-0.15, -0.1) is 0 Å². The first kappa shape index (κ1) is 117. The van der Waals surface area contributed by atoms with E-state index in [1.807, 2.05) is 0 Å². The second-order valence-corrected chi connectivity index (χ2v) is 16.9. The molecule has 44 nitrogen and oxygen atoms in total. The first-order valence-corrected chi connectivity index (χ1v) is 25.8. The van der Waals surface area contributed by atoms with Crippen molar-refractivity contribution in [2.24, 2.45) is 0 Å². The van der Waals surface area contributed by atoms with Crippen molar-refractivity contribution in [2.75, 3.05) is 0 Å². The van der Waals surface area contributed by atoms with Gasteiger partial charge < -0.3 is 179 Å². The molecular formula is H45Mg6O44P11. The van der Waals surface area contributed by atoms with Crippen molar-refractivity contribution in [3.05, 3.63) is 0 Å². The van der Waals surface area contributed by atoms with Crippen molar-refractivity contribution in [3.8, 4) is 0 Å². The largest absolute Gasteiger partial charge is 2.00 e. The summed E-state index contributed by atoms with van der Waals surface area (Å²) in [4.78, 5) is 237. The van der Waals surface area contributed by atoms with E-state index in [2.05, 4.69) is 0 Å². The van der Waals surface area contributed by atoms with Gasteiger partial charge in [0.05, 0.1) is 0 Å². The fourth-order valence-electron chi connectivity index (χ4n) is 0. The molecule has 0 saturated heterocycles. The molecule has 33 N–H and O–H groups in total. The minimum atomic E-state index is -4.64. The zero-order valence-electron chi connectivity index (χ0n) is 40.4. The van der Waals surface area contributed by atoms with Crippen LogP contribution in [0.5, 0.6) is 0 Å². The van der Waals surface area contributed by atoms with Crippen LogP contribution in [0.25, 0.3) is 0 Å². The van der Waals surface area contributed by atoms with E-state index in [-0.39, 0.29) is 155 Å². The monoisotopic (exact) mass is 1230 g/mol. The number of phosphoric acid groups is 11. The molecule has 0 fully saturated rings. The number of hydrogen-bond donors (Lipinski definition) is 33. The molecule has 0 aliphatic rings. The zero-order chi connectivity index (χ0) is 49.5. The normalized spacial score (nSPS) is 10.6. The summed E-state index contributed by atoms with van der Waals surface area (Å²) in [7, 11) is -51.0. The minimum absolute atomic E-state index is 0. The van der Waals surface area contributed by atoms with Crippen LogP contribution < -0.4 is 0 Å². The predicted octanol–water partition coefficient (Wildman–Crippen LogP) is -11.1. The van der Waals surface area contributed by atoms with Gasteiger partial charge in [-0.25, -0.2) is 50.2 Å². The van der Waals surface area contributed by atoms with Crippen molar-refractivity contribution in [1.82, 2.24) is 0 Å². The summed E-state index contributed by atoms with van der Waals surface area (Å²) in [6, 6.07) is 0. The minimum Gasteiger partial charge on any atom is -1.00 e. The molecule has 0 atom stereocenters. The van der Waals surface area contributed by atoms with Crippen LogP contribution in [0.2, 0.25) is 0 Å². The molecule has 61 heteroatoms. The molecule has 0 radical (unpaired) electrons. The maximum atomic E-state index is 8.88. The SMILES string of the molecule is O=P(O)(O)O.O=P(O)(O)O.O=P(O)(O)O.O=P(O)(O)O.O=P(O)(O)O.O=P(O)(O)O.O=P(O)(O)O.O=P(O)(O)O.O=P(O)(O)O.O=P(O)(O)O.O=P(O)(O)O.[H-].[H-].[H-].[H-].[H-].[H-].[H-].[H-].[H-].[H-].[H-].[H-].[Mg+2].[Mg+2].[Mg+2].[Mg+2].[Mg+2].[Mg+2]. The molecular weight excluding hydrogens is 1190 g/mol. The molecule has 376 valence electrons. The Morgan fingerprint density at radius 3 is 0.131 bits per heavy atom. The van der Waals surface area contributed by atoms with Crippen molar-refractivity contribution < 1.29 is 229 Å². The van der Waals surface area contributed by atoms with Crippen LogP contribution in [0.3, 0.4) is 0 Å². The Balaban J connectivity index is -0.0000000105. The molecule has 0 aromatic heterocycles. The van der Waals surface area contributed by atoms with Gasteiger partial charge in [-0.05, 0) is 0 Å². The summed E-state index contributed by atoms with van der Waals surface area (Å²) in [5, 5.41) is 0. The van der Waals surface area contributed by atoms with Gasteiger partial charge in [-0.1, -0.05) is 0 Å². The second-order valence-electron chi connectivity index (χ2n) is 5.65. The quantitative estimate of drug-likeness (QED) is 0.0791. The molecule has 0 amide bonds. The third kappa shape index (κ3) is 7940. The van der Waals surface area contributed by atoms with E-state index >= 15 is 0 Å². The molecule has 0 bridgehead atoms. The van der Waals surface area contributed by atoms with Crippen molar-refractivity contribution >= 4 is 224 Å². The van der Waals surface area contributed by atoms with Crippen LogP contribution >= 0.6 is 86.0 Å². The summed E-state index contributed by atoms with van der Waals surface area (Å²) < 4.78 is 97.7. The van der Waals surface area contributed by atoms with Crippen LogP contribution in [0.4, 0.5) is 0 Å². The van der Waals surface area contributed by atoms with E-state index in [4.69, 9.17) is 212 Å². The van der Waals surface area contributed by atoms with Gasteiger partial charge in [-0.3, -0.25) is 0 Å². The predicted molar refractivity (Wildman–Crippen MR) is 205 cm³/mol. The third-order valence-electron chi connectivity index (χ3n) is 0. The first-order valence-electron chi connectivity index (χ1n) is 8.61. The Morgan fingerprint density at radius 2 is 0.131 bits per heavy atom. The zero-order valence-corrected chi connectivity index (χ0v) is 46.7. The maximum Gasteiger partial charge on any atom is 2.00 e. The fourth-order valence-corrected chi connectivity index (χ4v) is 0. The Morgan fingerprint density at radius 1 is 0.131 bits per heavy atom. The summed E-state index contributed by atoms with van der Waals surface area (Å²) >= 11 is 0. The topological polar surface area (TPSA) is 855 Å². The maximum absolute atomic E-state index is 8.88. The summed E-state index contributed by atoms with van der Waals surface area (Å²) in [6.45, 7) is 0. The smallest absolute Gasteiger partial charge is 1.00 e. The average Bonchev–Trinajstić information content (AvgIpc) is 2.41. The third-order valence-corrected chi connectivity index (χ3v) is 0. The van der Waals surface area contributed by atoms with Gasteiger partial charge >= 0.3 is 224 Å². The Hall–Kier alpha value is 5.81. The fraction of sp³-hybridized carbons (Fsp3) is 0. The summed E-state index contributed by atoms with van der Waals surface area (Å²) in [6.07, 6.45) is 0. The molecule has 0 heterocycles. The van der Waals surface area contributed by atoms with Gasteiger partial charge in [0.1, 0.15) is 0 Å². The van der Waals surface area contributed by atoms with E-state index in [0.717, 1.165) is 0 Å². The summed E-state index contributed by atoms with van der Waals surface area (Å²) in [5.74, 6) is 0. The second kappa shape index (κ2) is 53.6. The van der Waals surface area contributed by atoms with Gasteiger partial charge in [0.15, 0.2) is 0 Å².